The molecule has 1 aromatic rings. The molecule has 0 N–H and O–H groups in total. The number of nitrogens with zero attached hydrogens (tertiary/aromatic N) is 3. The fraction of sp³-hybridized carbons (Fsp3) is 0.727. The summed E-state index contributed by atoms with van der Waals surface area (Å²) >= 11 is 7.54. The summed E-state index contributed by atoms with van der Waals surface area (Å²) in [6.07, 6.45) is 6.42. The average molecular weight is 274 g/mol. The highest BCUT2D eigenvalue weighted by Crippen LogP contribution is 2.32. The van der Waals surface area contributed by atoms with E-state index in [2.05, 4.69) is 15.0 Å². The van der Waals surface area contributed by atoms with Gasteiger partial charge in [-0.1, -0.05) is 31.0 Å². The van der Waals surface area contributed by atoms with E-state index < -0.39 is 0 Å². The molecule has 0 bridgehead atoms. The van der Waals surface area contributed by atoms with Crippen molar-refractivity contribution in [2.75, 3.05) is 6.61 Å². The van der Waals surface area contributed by atoms with Crippen LogP contribution in [-0.4, -0.2) is 26.8 Å². The third-order valence-electron chi connectivity index (χ3n) is 2.66. The Balaban J connectivity index is 2.03. The van der Waals surface area contributed by atoms with Crippen molar-refractivity contribution in [2.24, 2.45) is 0 Å². The van der Waals surface area contributed by atoms with Crippen molar-refractivity contribution >= 4 is 23.4 Å². The van der Waals surface area contributed by atoms with E-state index >= 15 is 0 Å². The van der Waals surface area contributed by atoms with Crippen molar-refractivity contribution < 1.29 is 4.74 Å². The minimum atomic E-state index is 0.210. The molecule has 0 saturated heterocycles. The lowest BCUT2D eigenvalue weighted by Gasteiger charge is -2.19. The minimum absolute atomic E-state index is 0.210. The van der Waals surface area contributed by atoms with Gasteiger partial charge >= 0.3 is 6.01 Å². The first-order valence-corrected chi connectivity index (χ1v) is 7.24. The first-order chi connectivity index (χ1) is 8.28. The van der Waals surface area contributed by atoms with Gasteiger partial charge in [0.1, 0.15) is 0 Å². The highest BCUT2D eigenvalue weighted by molar-refractivity contribution is 7.99. The van der Waals surface area contributed by atoms with Gasteiger partial charge in [0, 0.05) is 5.25 Å². The lowest BCUT2D eigenvalue weighted by molar-refractivity contribution is 0.307. The number of halogens is 1. The van der Waals surface area contributed by atoms with Gasteiger partial charge in [0.25, 0.3) is 0 Å². The van der Waals surface area contributed by atoms with E-state index in [9.17, 15) is 0 Å². The number of hydrogen-bond acceptors (Lipinski definition) is 5. The fourth-order valence-corrected chi connectivity index (χ4v) is 3.23. The summed E-state index contributed by atoms with van der Waals surface area (Å²) in [7, 11) is 0. The highest BCUT2D eigenvalue weighted by atomic mass is 35.5. The van der Waals surface area contributed by atoms with Gasteiger partial charge in [-0.05, 0) is 31.4 Å². The molecule has 0 aliphatic heterocycles. The third-order valence-corrected chi connectivity index (χ3v) is 4.03. The standard InChI is InChI=1S/C11H16ClN3OS/c1-2-16-10-13-9(12)14-11(15-10)17-8-6-4-3-5-7-8/h8H,2-7H2,1H3. The molecule has 94 valence electrons. The predicted octanol–water partition coefficient (Wildman–Crippen LogP) is 3.35. The topological polar surface area (TPSA) is 47.9 Å². The lowest BCUT2D eigenvalue weighted by atomic mass is 10.0. The summed E-state index contributed by atoms with van der Waals surface area (Å²) < 4.78 is 5.26. The Hall–Kier alpha value is -0.550. The van der Waals surface area contributed by atoms with Gasteiger partial charge in [-0.3, -0.25) is 0 Å². The van der Waals surface area contributed by atoms with Gasteiger partial charge < -0.3 is 4.74 Å². The molecule has 1 heterocycles. The molecule has 1 aliphatic carbocycles. The molecule has 1 saturated carbocycles. The van der Waals surface area contributed by atoms with Crippen molar-refractivity contribution in [1.82, 2.24) is 15.0 Å². The first kappa shape index (κ1) is 12.9. The van der Waals surface area contributed by atoms with Crippen molar-refractivity contribution in [3.8, 4) is 6.01 Å². The van der Waals surface area contributed by atoms with Gasteiger partial charge in [-0.25, -0.2) is 0 Å². The third kappa shape index (κ3) is 4.00. The quantitative estimate of drug-likeness (QED) is 0.842. The molecule has 1 aromatic heterocycles. The second kappa shape index (κ2) is 6.40. The molecule has 0 aromatic carbocycles. The Morgan fingerprint density at radius 2 is 2.00 bits per heavy atom. The van der Waals surface area contributed by atoms with Gasteiger partial charge in [0.15, 0.2) is 5.16 Å². The maximum Gasteiger partial charge on any atom is 0.321 e. The molecule has 0 unspecified atom stereocenters. The van der Waals surface area contributed by atoms with E-state index in [1.54, 1.807) is 11.8 Å². The Morgan fingerprint density at radius 1 is 1.24 bits per heavy atom. The summed E-state index contributed by atoms with van der Waals surface area (Å²) in [5.41, 5.74) is 0. The van der Waals surface area contributed by atoms with E-state index in [0.29, 0.717) is 23.0 Å². The van der Waals surface area contributed by atoms with Crippen LogP contribution in [0.5, 0.6) is 6.01 Å². The smallest absolute Gasteiger partial charge is 0.321 e. The number of aromatic nitrogens is 3. The van der Waals surface area contributed by atoms with E-state index in [1.807, 2.05) is 6.92 Å². The Bertz CT molecular complexity index is 372. The SMILES string of the molecule is CCOc1nc(Cl)nc(SC2CCCCC2)n1. The molecule has 17 heavy (non-hydrogen) atoms. The van der Waals surface area contributed by atoms with E-state index in [1.165, 1.54) is 32.1 Å². The van der Waals surface area contributed by atoms with Crippen molar-refractivity contribution in [3.05, 3.63) is 5.28 Å². The molecular formula is C11H16ClN3OS. The molecule has 1 aliphatic rings. The number of rotatable bonds is 4. The zero-order valence-corrected chi connectivity index (χ0v) is 11.4. The molecule has 2 rings (SSSR count). The van der Waals surface area contributed by atoms with Crippen molar-refractivity contribution in [1.29, 1.82) is 0 Å². The van der Waals surface area contributed by atoms with Crippen LogP contribution in [0.15, 0.2) is 5.16 Å². The normalized spacial score (nSPS) is 17.1. The highest BCUT2D eigenvalue weighted by Gasteiger charge is 2.17. The van der Waals surface area contributed by atoms with E-state index in [-0.39, 0.29) is 5.28 Å². The van der Waals surface area contributed by atoms with Crippen LogP contribution in [0.1, 0.15) is 39.0 Å². The van der Waals surface area contributed by atoms with Gasteiger partial charge in [0.2, 0.25) is 5.28 Å². The van der Waals surface area contributed by atoms with Crippen LogP contribution >= 0.6 is 23.4 Å². The summed E-state index contributed by atoms with van der Waals surface area (Å²) in [4.78, 5) is 12.3. The maximum absolute atomic E-state index is 5.85. The zero-order chi connectivity index (χ0) is 12.1. The molecule has 4 nitrogen and oxygen atoms in total. The molecule has 6 heteroatoms. The summed E-state index contributed by atoms with van der Waals surface area (Å²) in [6, 6.07) is 0.325. The summed E-state index contributed by atoms with van der Waals surface area (Å²) in [5, 5.41) is 1.50. The van der Waals surface area contributed by atoms with Crippen LogP contribution in [0.3, 0.4) is 0 Å². The molecule has 0 radical (unpaired) electrons. The predicted molar refractivity (Wildman–Crippen MR) is 68.7 cm³/mol. The van der Waals surface area contributed by atoms with E-state index in [0.717, 1.165) is 0 Å². The minimum Gasteiger partial charge on any atom is -0.464 e. The second-order valence-electron chi connectivity index (χ2n) is 3.98. The number of hydrogen-bond donors (Lipinski definition) is 0. The average Bonchev–Trinajstić information content (AvgIpc) is 2.30. The molecule has 1 fully saturated rings. The van der Waals surface area contributed by atoms with Crippen LogP contribution < -0.4 is 4.74 Å². The Labute approximate surface area is 111 Å². The van der Waals surface area contributed by atoms with Gasteiger partial charge in [-0.2, -0.15) is 15.0 Å². The van der Waals surface area contributed by atoms with Crippen LogP contribution in [0.4, 0.5) is 0 Å². The van der Waals surface area contributed by atoms with Crippen molar-refractivity contribution in [2.45, 2.75) is 49.4 Å². The lowest BCUT2D eigenvalue weighted by Crippen LogP contribution is -2.09. The largest absolute Gasteiger partial charge is 0.464 e. The molecule has 0 spiro atoms. The summed E-state index contributed by atoms with van der Waals surface area (Å²) in [6.45, 7) is 2.43. The molecular weight excluding hydrogens is 258 g/mol. The van der Waals surface area contributed by atoms with Crippen LogP contribution in [0.2, 0.25) is 5.28 Å². The fourth-order valence-electron chi connectivity index (χ4n) is 1.89. The zero-order valence-electron chi connectivity index (χ0n) is 9.86. The number of ether oxygens (including phenoxy) is 1. The van der Waals surface area contributed by atoms with Crippen LogP contribution in [0, 0.1) is 0 Å². The van der Waals surface area contributed by atoms with Gasteiger partial charge in [-0.15, -0.1) is 0 Å². The summed E-state index contributed by atoms with van der Waals surface area (Å²) in [5.74, 6) is 0. The maximum atomic E-state index is 5.85. The monoisotopic (exact) mass is 273 g/mol. The number of thioether (sulfide) groups is 1. The van der Waals surface area contributed by atoms with E-state index in [4.69, 9.17) is 16.3 Å². The van der Waals surface area contributed by atoms with Gasteiger partial charge in [0.05, 0.1) is 6.61 Å². The molecule has 0 atom stereocenters. The Morgan fingerprint density at radius 3 is 2.71 bits per heavy atom. The second-order valence-corrected chi connectivity index (χ2v) is 5.59. The first-order valence-electron chi connectivity index (χ1n) is 5.99. The van der Waals surface area contributed by atoms with Crippen LogP contribution in [0.25, 0.3) is 0 Å². The van der Waals surface area contributed by atoms with Crippen molar-refractivity contribution in [3.63, 3.8) is 0 Å². The van der Waals surface area contributed by atoms with Crippen LogP contribution in [-0.2, 0) is 0 Å². The Kier molecular flexibility index (Phi) is 4.86. The molecule has 0 amide bonds.